The van der Waals surface area contributed by atoms with Gasteiger partial charge >= 0.3 is 0 Å². The summed E-state index contributed by atoms with van der Waals surface area (Å²) in [6, 6.07) is 6.91. The average Bonchev–Trinajstić information content (AvgIpc) is 2.77. The summed E-state index contributed by atoms with van der Waals surface area (Å²) in [5.74, 6) is 0.110. The van der Waals surface area contributed by atoms with Crippen molar-refractivity contribution < 1.29 is 8.42 Å². The average molecular weight is 318 g/mol. The Morgan fingerprint density at radius 2 is 2.12 bits per heavy atom. The van der Waals surface area contributed by atoms with E-state index in [1.807, 2.05) is 6.07 Å². The van der Waals surface area contributed by atoms with Crippen LogP contribution in [0.1, 0.15) is 19.3 Å². The lowest BCUT2D eigenvalue weighted by Crippen LogP contribution is -2.30. The van der Waals surface area contributed by atoms with Crippen LogP contribution in [0.2, 0.25) is 0 Å². The molecule has 0 spiro atoms. The van der Waals surface area contributed by atoms with E-state index in [0.717, 1.165) is 23.7 Å². The Balaban J connectivity index is 2.36. The fourth-order valence-electron chi connectivity index (χ4n) is 2.50. The molecule has 3 nitrogen and oxygen atoms in total. The molecule has 5 heteroatoms. The van der Waals surface area contributed by atoms with Gasteiger partial charge in [0.25, 0.3) is 0 Å². The van der Waals surface area contributed by atoms with Crippen LogP contribution in [0.3, 0.4) is 0 Å². The molecule has 2 atom stereocenters. The van der Waals surface area contributed by atoms with Crippen LogP contribution >= 0.6 is 15.9 Å². The number of sulfone groups is 1. The molecule has 94 valence electrons. The van der Waals surface area contributed by atoms with Gasteiger partial charge < -0.3 is 5.73 Å². The predicted molar refractivity (Wildman–Crippen MR) is 71.5 cm³/mol. The molecule has 0 amide bonds. The van der Waals surface area contributed by atoms with Crippen LogP contribution in [0.4, 0.5) is 0 Å². The highest BCUT2D eigenvalue weighted by Gasteiger charge is 2.37. The third-order valence-electron chi connectivity index (χ3n) is 3.42. The van der Waals surface area contributed by atoms with Crippen molar-refractivity contribution in [3.8, 4) is 0 Å². The van der Waals surface area contributed by atoms with E-state index in [9.17, 15) is 8.42 Å². The van der Waals surface area contributed by atoms with Crippen molar-refractivity contribution in [2.45, 2.75) is 29.4 Å². The number of halogens is 1. The van der Waals surface area contributed by atoms with Crippen LogP contribution in [-0.2, 0) is 9.84 Å². The minimum atomic E-state index is -3.23. The summed E-state index contributed by atoms with van der Waals surface area (Å²) in [7, 11) is -3.23. The molecule has 1 aromatic carbocycles. The van der Waals surface area contributed by atoms with Crippen molar-refractivity contribution in [2.75, 3.05) is 6.54 Å². The maximum atomic E-state index is 12.5. The van der Waals surface area contributed by atoms with Crippen molar-refractivity contribution in [3.63, 3.8) is 0 Å². The smallest absolute Gasteiger partial charge is 0.181 e. The van der Waals surface area contributed by atoms with Crippen LogP contribution in [0, 0.1) is 5.92 Å². The monoisotopic (exact) mass is 317 g/mol. The summed E-state index contributed by atoms with van der Waals surface area (Å²) in [5, 5.41) is -0.304. The SMILES string of the molecule is NCC1CCCC1S(=O)(=O)c1cccc(Br)c1. The Morgan fingerprint density at radius 1 is 1.35 bits per heavy atom. The lowest BCUT2D eigenvalue weighted by Gasteiger charge is -2.18. The van der Waals surface area contributed by atoms with E-state index in [2.05, 4.69) is 15.9 Å². The van der Waals surface area contributed by atoms with Gasteiger partial charge in [0.05, 0.1) is 10.1 Å². The van der Waals surface area contributed by atoms with Crippen molar-refractivity contribution in [3.05, 3.63) is 28.7 Å². The van der Waals surface area contributed by atoms with Gasteiger partial charge in [-0.1, -0.05) is 28.4 Å². The third kappa shape index (κ3) is 2.56. The molecule has 2 rings (SSSR count). The van der Waals surface area contributed by atoms with Gasteiger partial charge in [0.15, 0.2) is 9.84 Å². The molecule has 0 radical (unpaired) electrons. The van der Waals surface area contributed by atoms with E-state index >= 15 is 0 Å². The van der Waals surface area contributed by atoms with E-state index < -0.39 is 9.84 Å². The van der Waals surface area contributed by atoms with E-state index in [0.29, 0.717) is 11.4 Å². The quantitative estimate of drug-likeness (QED) is 0.930. The number of hydrogen-bond donors (Lipinski definition) is 1. The summed E-state index contributed by atoms with van der Waals surface area (Å²) >= 11 is 3.31. The van der Waals surface area contributed by atoms with E-state index in [1.54, 1.807) is 18.2 Å². The predicted octanol–water partition coefficient (Wildman–Crippen LogP) is 2.35. The molecule has 0 heterocycles. The molecule has 1 fully saturated rings. The standard InChI is InChI=1S/C12H16BrNO2S/c13-10-4-2-5-11(7-10)17(15,16)12-6-1-3-9(12)8-14/h2,4-5,7,9,12H,1,3,6,8,14H2. The molecular weight excluding hydrogens is 302 g/mol. The van der Waals surface area contributed by atoms with Crippen LogP contribution in [-0.4, -0.2) is 20.2 Å². The molecule has 0 saturated heterocycles. The van der Waals surface area contributed by atoms with E-state index in [-0.39, 0.29) is 11.2 Å². The van der Waals surface area contributed by atoms with Gasteiger partial charge in [-0.2, -0.15) is 0 Å². The highest BCUT2D eigenvalue weighted by molar-refractivity contribution is 9.10. The van der Waals surface area contributed by atoms with E-state index in [1.165, 1.54) is 0 Å². The third-order valence-corrected chi connectivity index (χ3v) is 6.24. The number of hydrogen-bond acceptors (Lipinski definition) is 3. The Kier molecular flexibility index (Phi) is 3.90. The fraction of sp³-hybridized carbons (Fsp3) is 0.500. The van der Waals surface area contributed by atoms with E-state index in [4.69, 9.17) is 5.73 Å². The highest BCUT2D eigenvalue weighted by atomic mass is 79.9. The van der Waals surface area contributed by atoms with Gasteiger partial charge in [-0.25, -0.2) is 8.42 Å². The molecule has 1 aromatic rings. The van der Waals surface area contributed by atoms with Gasteiger partial charge in [-0.05, 0) is 43.5 Å². The van der Waals surface area contributed by atoms with Gasteiger partial charge in [0, 0.05) is 4.47 Å². The Labute approximate surface area is 110 Å². The second-order valence-electron chi connectivity index (χ2n) is 4.47. The summed E-state index contributed by atoms with van der Waals surface area (Å²) in [6.45, 7) is 0.456. The zero-order valence-electron chi connectivity index (χ0n) is 9.47. The van der Waals surface area contributed by atoms with Gasteiger partial charge in [0.2, 0.25) is 0 Å². The van der Waals surface area contributed by atoms with Crippen molar-refractivity contribution in [1.82, 2.24) is 0 Å². The summed E-state index contributed by atoms with van der Waals surface area (Å²) in [4.78, 5) is 0.400. The minimum absolute atomic E-state index is 0.110. The second-order valence-corrected chi connectivity index (χ2v) is 7.55. The first kappa shape index (κ1) is 13.1. The molecule has 2 N–H and O–H groups in total. The van der Waals surface area contributed by atoms with Gasteiger partial charge in [-0.3, -0.25) is 0 Å². The maximum Gasteiger partial charge on any atom is 0.181 e. The normalized spacial score (nSPS) is 25.1. The molecule has 0 aromatic heterocycles. The molecule has 0 aliphatic heterocycles. The van der Waals surface area contributed by atoms with Gasteiger partial charge in [0.1, 0.15) is 0 Å². The number of rotatable bonds is 3. The number of benzene rings is 1. The Bertz CT molecular complexity index is 501. The summed E-state index contributed by atoms with van der Waals surface area (Å²) < 4.78 is 25.8. The second kappa shape index (κ2) is 5.08. The molecule has 17 heavy (non-hydrogen) atoms. The molecule has 0 bridgehead atoms. The largest absolute Gasteiger partial charge is 0.330 e. The lowest BCUT2D eigenvalue weighted by molar-refractivity contribution is 0.523. The van der Waals surface area contributed by atoms with Crippen LogP contribution in [0.25, 0.3) is 0 Å². The zero-order chi connectivity index (χ0) is 12.5. The number of nitrogens with two attached hydrogens (primary N) is 1. The minimum Gasteiger partial charge on any atom is -0.330 e. The molecule has 1 aliphatic rings. The highest BCUT2D eigenvalue weighted by Crippen LogP contribution is 2.34. The van der Waals surface area contributed by atoms with Crippen LogP contribution in [0.5, 0.6) is 0 Å². The first-order valence-corrected chi connectivity index (χ1v) is 8.09. The zero-order valence-corrected chi connectivity index (χ0v) is 11.9. The Morgan fingerprint density at radius 3 is 2.76 bits per heavy atom. The molecule has 2 unspecified atom stereocenters. The summed E-state index contributed by atoms with van der Waals surface area (Å²) in [5.41, 5.74) is 5.66. The first-order chi connectivity index (χ1) is 8.05. The summed E-state index contributed by atoms with van der Waals surface area (Å²) in [6.07, 6.45) is 2.62. The van der Waals surface area contributed by atoms with Crippen molar-refractivity contribution in [1.29, 1.82) is 0 Å². The lowest BCUT2D eigenvalue weighted by atomic mass is 10.1. The first-order valence-electron chi connectivity index (χ1n) is 5.75. The van der Waals surface area contributed by atoms with Crippen molar-refractivity contribution >= 4 is 25.8 Å². The molecule has 1 saturated carbocycles. The van der Waals surface area contributed by atoms with Gasteiger partial charge in [-0.15, -0.1) is 0 Å². The maximum absolute atomic E-state index is 12.5. The van der Waals surface area contributed by atoms with Crippen LogP contribution < -0.4 is 5.73 Å². The molecular formula is C12H16BrNO2S. The molecule has 1 aliphatic carbocycles. The van der Waals surface area contributed by atoms with Crippen molar-refractivity contribution in [2.24, 2.45) is 11.7 Å². The Hall–Kier alpha value is -0.390. The fourth-order valence-corrected chi connectivity index (χ4v) is 5.19. The van der Waals surface area contributed by atoms with Crippen LogP contribution in [0.15, 0.2) is 33.6 Å². The topological polar surface area (TPSA) is 60.2 Å².